The quantitative estimate of drug-likeness (QED) is 0.577. The monoisotopic (exact) mass is 268 g/mol. The van der Waals surface area contributed by atoms with Gasteiger partial charge in [-0.25, -0.2) is 0 Å². The van der Waals surface area contributed by atoms with Crippen molar-refractivity contribution in [2.45, 2.75) is 19.3 Å². The lowest BCUT2D eigenvalue weighted by Gasteiger charge is -2.07. The van der Waals surface area contributed by atoms with Crippen molar-refractivity contribution in [3.05, 3.63) is 61.2 Å². The van der Waals surface area contributed by atoms with Crippen molar-refractivity contribution in [3.8, 4) is 22.6 Å². The van der Waals surface area contributed by atoms with E-state index in [-0.39, 0.29) is 5.75 Å². The van der Waals surface area contributed by atoms with Crippen LogP contribution in [0.3, 0.4) is 0 Å². The fraction of sp³-hybridized carbons (Fsp3) is 0.222. The van der Waals surface area contributed by atoms with E-state index < -0.39 is 0 Å². The van der Waals surface area contributed by atoms with E-state index in [1.807, 2.05) is 42.5 Å². The van der Waals surface area contributed by atoms with Crippen LogP contribution in [0.2, 0.25) is 0 Å². The molecule has 2 heteroatoms. The molecule has 0 spiro atoms. The molecule has 0 atom stereocenters. The molecule has 1 N–H and O–H groups in total. The number of phenols is 1. The minimum Gasteiger partial charge on any atom is -0.508 e. The van der Waals surface area contributed by atoms with Crippen LogP contribution in [0.1, 0.15) is 19.3 Å². The molecule has 0 heterocycles. The molecular formula is C18H20O2. The number of benzene rings is 2. The van der Waals surface area contributed by atoms with Crippen LogP contribution >= 0.6 is 0 Å². The third-order valence-electron chi connectivity index (χ3n) is 3.13. The van der Waals surface area contributed by atoms with Gasteiger partial charge < -0.3 is 9.84 Å². The summed E-state index contributed by atoms with van der Waals surface area (Å²) in [5.74, 6) is 1.18. The smallest absolute Gasteiger partial charge is 0.119 e. The molecular weight excluding hydrogens is 248 g/mol. The summed E-state index contributed by atoms with van der Waals surface area (Å²) >= 11 is 0. The molecule has 0 fully saturated rings. The molecule has 0 radical (unpaired) electrons. The Hall–Kier alpha value is -2.22. The van der Waals surface area contributed by atoms with E-state index in [0.717, 1.165) is 42.7 Å². The molecule has 0 saturated heterocycles. The lowest BCUT2D eigenvalue weighted by Crippen LogP contribution is -1.96. The first-order chi connectivity index (χ1) is 9.79. The van der Waals surface area contributed by atoms with Gasteiger partial charge >= 0.3 is 0 Å². The summed E-state index contributed by atoms with van der Waals surface area (Å²) in [6.07, 6.45) is 5.15. The predicted molar refractivity (Wildman–Crippen MR) is 83.1 cm³/mol. The summed E-state index contributed by atoms with van der Waals surface area (Å²) in [5.41, 5.74) is 2.20. The van der Waals surface area contributed by atoms with Crippen molar-refractivity contribution in [2.75, 3.05) is 6.61 Å². The second-order valence-corrected chi connectivity index (χ2v) is 4.70. The third-order valence-corrected chi connectivity index (χ3v) is 3.13. The van der Waals surface area contributed by atoms with E-state index in [1.54, 1.807) is 12.1 Å². The first kappa shape index (κ1) is 14.2. The van der Waals surface area contributed by atoms with Crippen LogP contribution in [0.15, 0.2) is 61.2 Å². The number of allylic oxidation sites excluding steroid dienone is 1. The van der Waals surface area contributed by atoms with Crippen molar-refractivity contribution in [1.29, 1.82) is 0 Å². The highest BCUT2D eigenvalue weighted by atomic mass is 16.5. The van der Waals surface area contributed by atoms with Gasteiger partial charge in [-0.2, -0.15) is 0 Å². The van der Waals surface area contributed by atoms with Crippen molar-refractivity contribution in [1.82, 2.24) is 0 Å². The standard InChI is InChI=1S/C18H20O2/c1-2-3-4-5-14-20-18-12-8-16(9-13-18)15-6-10-17(19)11-7-15/h2,6-13,19H,1,3-5,14H2. The highest BCUT2D eigenvalue weighted by Crippen LogP contribution is 2.24. The van der Waals surface area contributed by atoms with Gasteiger partial charge in [-0.15, -0.1) is 6.58 Å². The van der Waals surface area contributed by atoms with Crippen LogP contribution in [0.25, 0.3) is 11.1 Å². The zero-order valence-corrected chi connectivity index (χ0v) is 11.6. The maximum Gasteiger partial charge on any atom is 0.119 e. The maximum absolute atomic E-state index is 9.28. The van der Waals surface area contributed by atoms with Gasteiger partial charge in [-0.05, 0) is 54.7 Å². The zero-order valence-electron chi connectivity index (χ0n) is 11.6. The molecule has 0 aliphatic heterocycles. The van der Waals surface area contributed by atoms with Crippen LogP contribution in [0.5, 0.6) is 11.5 Å². The van der Waals surface area contributed by atoms with Gasteiger partial charge in [0.05, 0.1) is 6.61 Å². The summed E-state index contributed by atoms with van der Waals surface area (Å²) in [7, 11) is 0. The fourth-order valence-electron chi connectivity index (χ4n) is 1.98. The van der Waals surface area contributed by atoms with Gasteiger partial charge in [-0.3, -0.25) is 0 Å². The number of hydrogen-bond donors (Lipinski definition) is 1. The average Bonchev–Trinajstić information content (AvgIpc) is 2.49. The molecule has 0 aromatic heterocycles. The lowest BCUT2D eigenvalue weighted by atomic mass is 10.1. The molecule has 2 rings (SSSR count). The number of hydrogen-bond acceptors (Lipinski definition) is 2. The zero-order chi connectivity index (χ0) is 14.2. The second-order valence-electron chi connectivity index (χ2n) is 4.70. The van der Waals surface area contributed by atoms with Crippen LogP contribution in [0.4, 0.5) is 0 Å². The van der Waals surface area contributed by atoms with Gasteiger partial charge in [0.1, 0.15) is 11.5 Å². The Morgan fingerprint density at radius 2 is 1.50 bits per heavy atom. The highest BCUT2D eigenvalue weighted by molar-refractivity contribution is 5.64. The largest absolute Gasteiger partial charge is 0.508 e. The number of phenolic OH excluding ortho intramolecular Hbond substituents is 1. The van der Waals surface area contributed by atoms with E-state index in [0.29, 0.717) is 0 Å². The Morgan fingerprint density at radius 3 is 2.10 bits per heavy atom. The number of unbranched alkanes of at least 4 members (excludes halogenated alkanes) is 2. The Bertz CT molecular complexity index is 526. The van der Waals surface area contributed by atoms with Crippen LogP contribution in [-0.4, -0.2) is 11.7 Å². The molecule has 0 bridgehead atoms. The summed E-state index contributed by atoms with van der Waals surface area (Å²) < 4.78 is 5.69. The number of aromatic hydroxyl groups is 1. The highest BCUT2D eigenvalue weighted by Gasteiger charge is 1.99. The van der Waals surface area contributed by atoms with E-state index >= 15 is 0 Å². The fourth-order valence-corrected chi connectivity index (χ4v) is 1.98. The van der Waals surface area contributed by atoms with Crippen molar-refractivity contribution < 1.29 is 9.84 Å². The van der Waals surface area contributed by atoms with E-state index in [1.165, 1.54) is 0 Å². The SMILES string of the molecule is C=CCCCCOc1ccc(-c2ccc(O)cc2)cc1. The van der Waals surface area contributed by atoms with Crippen LogP contribution in [0, 0.1) is 0 Å². The third kappa shape index (κ3) is 4.16. The molecule has 0 unspecified atom stereocenters. The molecule has 2 nitrogen and oxygen atoms in total. The molecule has 0 aliphatic rings. The molecule has 0 amide bonds. The Kier molecular flexibility index (Phi) is 5.24. The minimum absolute atomic E-state index is 0.285. The summed E-state index contributed by atoms with van der Waals surface area (Å²) in [5, 5.41) is 9.28. The minimum atomic E-state index is 0.285. The molecule has 0 aliphatic carbocycles. The van der Waals surface area contributed by atoms with Crippen molar-refractivity contribution in [3.63, 3.8) is 0 Å². The number of ether oxygens (including phenoxy) is 1. The van der Waals surface area contributed by atoms with Gasteiger partial charge in [0.15, 0.2) is 0 Å². The molecule has 2 aromatic rings. The Labute approximate surface area is 120 Å². The number of rotatable bonds is 7. The average molecular weight is 268 g/mol. The summed E-state index contributed by atoms with van der Waals surface area (Å²) in [6, 6.07) is 15.2. The molecule has 104 valence electrons. The Morgan fingerprint density at radius 1 is 0.900 bits per heavy atom. The van der Waals surface area contributed by atoms with Crippen molar-refractivity contribution >= 4 is 0 Å². The van der Waals surface area contributed by atoms with E-state index in [4.69, 9.17) is 4.74 Å². The van der Waals surface area contributed by atoms with Gasteiger partial charge in [0, 0.05) is 0 Å². The molecule has 0 saturated carbocycles. The molecule has 20 heavy (non-hydrogen) atoms. The second kappa shape index (κ2) is 7.39. The van der Waals surface area contributed by atoms with Gasteiger partial charge in [0.2, 0.25) is 0 Å². The summed E-state index contributed by atoms with van der Waals surface area (Å²) in [6.45, 7) is 4.45. The summed E-state index contributed by atoms with van der Waals surface area (Å²) in [4.78, 5) is 0. The van der Waals surface area contributed by atoms with E-state index in [9.17, 15) is 5.11 Å². The van der Waals surface area contributed by atoms with Crippen LogP contribution < -0.4 is 4.74 Å². The normalized spacial score (nSPS) is 10.2. The van der Waals surface area contributed by atoms with Crippen molar-refractivity contribution in [2.24, 2.45) is 0 Å². The topological polar surface area (TPSA) is 29.5 Å². The molecule has 2 aromatic carbocycles. The first-order valence-electron chi connectivity index (χ1n) is 6.93. The van der Waals surface area contributed by atoms with Gasteiger partial charge in [0.25, 0.3) is 0 Å². The predicted octanol–water partition coefficient (Wildman–Crippen LogP) is 4.79. The van der Waals surface area contributed by atoms with Crippen LogP contribution in [-0.2, 0) is 0 Å². The first-order valence-corrected chi connectivity index (χ1v) is 6.93. The van der Waals surface area contributed by atoms with Gasteiger partial charge in [-0.1, -0.05) is 30.3 Å². The van der Waals surface area contributed by atoms with E-state index in [2.05, 4.69) is 6.58 Å². The lowest BCUT2D eigenvalue weighted by molar-refractivity contribution is 0.307. The maximum atomic E-state index is 9.28. The Balaban J connectivity index is 1.89.